The molecule has 9 nitrogen and oxygen atoms in total. The Labute approximate surface area is 179 Å². The number of ether oxygens (including phenoxy) is 2. The molecule has 1 aromatic heterocycles. The molecule has 30 heavy (non-hydrogen) atoms. The normalized spacial score (nSPS) is 16.7. The molecular formula is C19H15N3O6S2. The number of thiophene rings is 1. The molecule has 0 saturated carbocycles. The molecule has 2 N–H and O–H groups in total. The van der Waals surface area contributed by atoms with Crippen LogP contribution in [0.2, 0.25) is 0 Å². The molecule has 0 spiro atoms. The number of amides is 5. The van der Waals surface area contributed by atoms with Gasteiger partial charge >= 0.3 is 6.03 Å². The number of carbonyl (C=O) groups is 4. The van der Waals surface area contributed by atoms with Crippen molar-refractivity contribution in [2.24, 2.45) is 0 Å². The number of hydrogen-bond donors (Lipinski definition) is 2. The number of carbonyl (C=O) groups excluding carboxylic acids is 4. The summed E-state index contributed by atoms with van der Waals surface area (Å²) in [6.07, 6.45) is 1.60. The van der Waals surface area contributed by atoms with Crippen LogP contribution in [0.5, 0.6) is 11.5 Å². The third-order valence-corrected chi connectivity index (χ3v) is 5.77. The highest BCUT2D eigenvalue weighted by Crippen LogP contribution is 2.33. The molecule has 0 atom stereocenters. The second-order valence-corrected chi connectivity index (χ2v) is 8.12. The Morgan fingerprint density at radius 1 is 1.13 bits per heavy atom. The van der Waals surface area contributed by atoms with Crippen molar-refractivity contribution >= 4 is 57.9 Å². The largest absolute Gasteiger partial charge is 0.486 e. The predicted molar refractivity (Wildman–Crippen MR) is 112 cm³/mol. The first-order chi connectivity index (χ1) is 14.5. The Morgan fingerprint density at radius 2 is 1.93 bits per heavy atom. The zero-order chi connectivity index (χ0) is 21.1. The number of nitrogens with zero attached hydrogens (tertiary/aromatic N) is 1. The van der Waals surface area contributed by atoms with Crippen LogP contribution in [0.15, 0.2) is 40.6 Å². The van der Waals surface area contributed by atoms with E-state index in [1.54, 1.807) is 24.3 Å². The van der Waals surface area contributed by atoms with Crippen molar-refractivity contribution < 1.29 is 28.7 Å². The number of nitrogens with one attached hydrogen (secondary N) is 2. The molecule has 0 unspecified atom stereocenters. The molecule has 1 saturated heterocycles. The van der Waals surface area contributed by atoms with Gasteiger partial charge in [0.1, 0.15) is 19.8 Å². The van der Waals surface area contributed by atoms with E-state index < -0.39 is 29.6 Å². The molecule has 2 aliphatic heterocycles. The molecule has 0 radical (unpaired) electrons. The van der Waals surface area contributed by atoms with Crippen LogP contribution in [0.3, 0.4) is 0 Å². The average molecular weight is 445 g/mol. The molecule has 1 fully saturated rings. The first-order valence-corrected chi connectivity index (χ1v) is 10.5. The van der Waals surface area contributed by atoms with Gasteiger partial charge in [-0.15, -0.1) is 11.3 Å². The van der Waals surface area contributed by atoms with E-state index in [1.807, 2.05) is 17.5 Å². The standard InChI is InChI=1S/C19H15N3O6S2/c23-16(10-22-17(24)15(30-19(22)26)9-12-2-1-7-29-12)21-18(25)20-11-3-4-13-14(8-11)28-6-5-27-13/h1-4,7-9H,5-6,10H2,(H2,20,21,23,25)/b15-9-. The molecule has 1 aromatic carbocycles. The van der Waals surface area contributed by atoms with Gasteiger partial charge in [0.15, 0.2) is 11.5 Å². The molecule has 154 valence electrons. The number of thioether (sulfide) groups is 1. The molecule has 2 aromatic rings. The van der Waals surface area contributed by atoms with Crippen LogP contribution in [0.25, 0.3) is 6.08 Å². The summed E-state index contributed by atoms with van der Waals surface area (Å²) in [4.78, 5) is 50.6. The van der Waals surface area contributed by atoms with E-state index in [0.29, 0.717) is 30.4 Å². The predicted octanol–water partition coefficient (Wildman–Crippen LogP) is 2.90. The highest BCUT2D eigenvalue weighted by atomic mass is 32.2. The zero-order valence-corrected chi connectivity index (χ0v) is 17.0. The summed E-state index contributed by atoms with van der Waals surface area (Å²) in [6.45, 7) is 0.298. The lowest BCUT2D eigenvalue weighted by molar-refractivity contribution is -0.128. The molecule has 3 heterocycles. The summed E-state index contributed by atoms with van der Waals surface area (Å²) in [7, 11) is 0. The Morgan fingerprint density at radius 3 is 2.70 bits per heavy atom. The number of benzene rings is 1. The van der Waals surface area contributed by atoms with Crippen LogP contribution in [0.1, 0.15) is 4.88 Å². The van der Waals surface area contributed by atoms with Gasteiger partial charge < -0.3 is 14.8 Å². The summed E-state index contributed by atoms with van der Waals surface area (Å²) in [5.74, 6) is -0.301. The van der Waals surface area contributed by atoms with Crippen LogP contribution in [-0.4, -0.2) is 47.7 Å². The van der Waals surface area contributed by atoms with Crippen LogP contribution in [0, 0.1) is 0 Å². The summed E-state index contributed by atoms with van der Waals surface area (Å²) in [6, 6.07) is 7.67. The van der Waals surface area contributed by atoms with Crippen molar-refractivity contribution in [3.05, 3.63) is 45.5 Å². The van der Waals surface area contributed by atoms with Gasteiger partial charge in [0.2, 0.25) is 5.91 Å². The van der Waals surface area contributed by atoms with Crippen LogP contribution in [-0.2, 0) is 9.59 Å². The van der Waals surface area contributed by atoms with E-state index in [1.165, 1.54) is 11.3 Å². The highest BCUT2D eigenvalue weighted by Gasteiger charge is 2.36. The quantitative estimate of drug-likeness (QED) is 0.696. The summed E-state index contributed by atoms with van der Waals surface area (Å²) in [5.41, 5.74) is 0.398. The summed E-state index contributed by atoms with van der Waals surface area (Å²) >= 11 is 2.18. The second-order valence-electron chi connectivity index (χ2n) is 6.14. The maximum absolute atomic E-state index is 12.4. The first kappa shape index (κ1) is 20.0. The van der Waals surface area contributed by atoms with E-state index in [-0.39, 0.29) is 4.91 Å². The minimum atomic E-state index is -0.794. The molecule has 2 aliphatic rings. The van der Waals surface area contributed by atoms with Gasteiger partial charge in [-0.3, -0.25) is 24.6 Å². The van der Waals surface area contributed by atoms with Crippen LogP contribution in [0.4, 0.5) is 15.3 Å². The monoisotopic (exact) mass is 445 g/mol. The van der Waals surface area contributed by atoms with E-state index in [2.05, 4.69) is 10.6 Å². The van der Waals surface area contributed by atoms with Gasteiger partial charge in [0.25, 0.3) is 11.1 Å². The van der Waals surface area contributed by atoms with E-state index in [9.17, 15) is 19.2 Å². The van der Waals surface area contributed by atoms with E-state index in [0.717, 1.165) is 21.5 Å². The lowest BCUT2D eigenvalue weighted by Crippen LogP contribution is -2.43. The van der Waals surface area contributed by atoms with Gasteiger partial charge in [-0.1, -0.05) is 6.07 Å². The smallest absolute Gasteiger partial charge is 0.325 e. The van der Waals surface area contributed by atoms with Crippen molar-refractivity contribution in [1.82, 2.24) is 10.2 Å². The summed E-state index contributed by atoms with van der Waals surface area (Å²) < 4.78 is 10.8. The number of urea groups is 1. The third-order valence-electron chi connectivity index (χ3n) is 4.04. The fourth-order valence-corrected chi connectivity index (χ4v) is 4.29. The number of anilines is 1. The van der Waals surface area contributed by atoms with Gasteiger partial charge in [-0.25, -0.2) is 4.79 Å². The molecule has 5 amide bonds. The molecular weight excluding hydrogens is 430 g/mol. The van der Waals surface area contributed by atoms with E-state index >= 15 is 0 Å². The lowest BCUT2D eigenvalue weighted by Gasteiger charge is -2.19. The Bertz CT molecular complexity index is 1050. The fourth-order valence-electron chi connectivity index (χ4n) is 2.73. The molecule has 0 aliphatic carbocycles. The molecule has 11 heteroatoms. The van der Waals surface area contributed by atoms with Crippen molar-refractivity contribution in [3.63, 3.8) is 0 Å². The third kappa shape index (κ3) is 4.47. The minimum absolute atomic E-state index is 0.232. The highest BCUT2D eigenvalue weighted by molar-refractivity contribution is 8.18. The van der Waals surface area contributed by atoms with Gasteiger partial charge in [-0.2, -0.15) is 0 Å². The summed E-state index contributed by atoms with van der Waals surface area (Å²) in [5, 5.41) is 5.89. The zero-order valence-electron chi connectivity index (χ0n) is 15.4. The average Bonchev–Trinajstić information content (AvgIpc) is 3.32. The maximum atomic E-state index is 12.4. The van der Waals surface area contributed by atoms with Gasteiger partial charge in [0, 0.05) is 16.6 Å². The maximum Gasteiger partial charge on any atom is 0.325 e. The van der Waals surface area contributed by atoms with Crippen LogP contribution < -0.4 is 20.1 Å². The SMILES string of the molecule is O=C(CN1C(=O)S/C(=C\c2cccs2)C1=O)NC(=O)Nc1ccc2c(c1)OCCO2. The van der Waals surface area contributed by atoms with Gasteiger partial charge in [-0.05, 0) is 41.4 Å². The van der Waals surface area contributed by atoms with E-state index in [4.69, 9.17) is 9.47 Å². The Kier molecular flexibility index (Phi) is 5.72. The number of hydrogen-bond acceptors (Lipinski definition) is 8. The second kappa shape index (κ2) is 8.59. The Hall–Kier alpha value is -3.31. The van der Waals surface area contributed by atoms with Crippen molar-refractivity contribution in [2.45, 2.75) is 0 Å². The van der Waals surface area contributed by atoms with Crippen LogP contribution >= 0.6 is 23.1 Å². The van der Waals surface area contributed by atoms with Crippen molar-refractivity contribution in [2.75, 3.05) is 25.1 Å². The van der Waals surface area contributed by atoms with Crippen molar-refractivity contribution in [1.29, 1.82) is 0 Å². The number of fused-ring (bicyclic) bond motifs is 1. The van der Waals surface area contributed by atoms with Crippen molar-refractivity contribution in [3.8, 4) is 11.5 Å². The minimum Gasteiger partial charge on any atom is -0.486 e. The molecule has 4 rings (SSSR count). The number of rotatable bonds is 4. The fraction of sp³-hybridized carbons (Fsp3) is 0.158. The van der Waals surface area contributed by atoms with Gasteiger partial charge in [0.05, 0.1) is 4.91 Å². The lowest BCUT2D eigenvalue weighted by atomic mass is 10.2. The molecule has 0 bridgehead atoms. The Balaban J connectivity index is 1.33. The first-order valence-electron chi connectivity index (χ1n) is 8.79. The topological polar surface area (TPSA) is 114 Å². The number of imide groups is 2.